The van der Waals surface area contributed by atoms with E-state index in [9.17, 15) is 0 Å². The average Bonchev–Trinajstić information content (AvgIpc) is 2.65. The van der Waals surface area contributed by atoms with E-state index >= 15 is 0 Å². The number of para-hydroxylation sites is 2. The van der Waals surface area contributed by atoms with Crippen LogP contribution in [-0.4, -0.2) is 21.8 Å². The van der Waals surface area contributed by atoms with Crippen molar-refractivity contribution in [2.75, 3.05) is 17.2 Å². The average molecular weight is 335 g/mol. The monoisotopic (exact) mass is 335 g/mol. The van der Waals surface area contributed by atoms with Gasteiger partial charge in [0.25, 0.3) is 0 Å². The van der Waals surface area contributed by atoms with Crippen LogP contribution in [0.15, 0.2) is 60.8 Å². The maximum Gasteiger partial charge on any atom is 0.249 e. The molecule has 25 heavy (non-hydrogen) atoms. The molecular formula is C19H21N5O. The molecule has 0 fully saturated rings. The predicted molar refractivity (Wildman–Crippen MR) is 99.2 cm³/mol. The zero-order chi connectivity index (χ0) is 17.5. The highest BCUT2D eigenvalue weighted by atomic mass is 16.5. The van der Waals surface area contributed by atoms with Gasteiger partial charge in [-0.05, 0) is 31.5 Å². The molecule has 1 unspecified atom stereocenters. The van der Waals surface area contributed by atoms with Gasteiger partial charge in [0.05, 0.1) is 18.5 Å². The van der Waals surface area contributed by atoms with Crippen molar-refractivity contribution in [1.29, 1.82) is 0 Å². The predicted octanol–water partition coefficient (Wildman–Crippen LogP) is 4.19. The standard InChI is InChI=1S/C19H21N5O/c1-3-25-17-12-8-7-11-16(17)22-19-23-18(13-20-24-19)21-14(2)15-9-5-4-6-10-15/h4-14H,3H2,1-2H3,(H2,21,22,23,24). The smallest absolute Gasteiger partial charge is 0.249 e. The summed E-state index contributed by atoms with van der Waals surface area (Å²) in [4.78, 5) is 4.48. The Hall–Kier alpha value is -3.15. The highest BCUT2D eigenvalue weighted by Gasteiger charge is 2.09. The highest BCUT2D eigenvalue weighted by molar-refractivity contribution is 5.62. The molecule has 3 rings (SSSR count). The molecule has 0 bridgehead atoms. The van der Waals surface area contributed by atoms with Gasteiger partial charge in [-0.2, -0.15) is 10.1 Å². The van der Waals surface area contributed by atoms with Crippen molar-refractivity contribution < 1.29 is 4.74 Å². The molecule has 0 aliphatic rings. The lowest BCUT2D eigenvalue weighted by Crippen LogP contribution is -2.10. The molecule has 1 heterocycles. The number of hydrogen-bond acceptors (Lipinski definition) is 6. The molecule has 1 atom stereocenters. The first kappa shape index (κ1) is 16.7. The highest BCUT2D eigenvalue weighted by Crippen LogP contribution is 2.26. The number of nitrogens with one attached hydrogen (secondary N) is 2. The molecule has 6 nitrogen and oxygen atoms in total. The number of anilines is 3. The Kier molecular flexibility index (Phi) is 5.41. The van der Waals surface area contributed by atoms with Crippen LogP contribution in [0.1, 0.15) is 25.5 Å². The Morgan fingerprint density at radius 2 is 1.80 bits per heavy atom. The van der Waals surface area contributed by atoms with Gasteiger partial charge >= 0.3 is 0 Å². The molecule has 2 N–H and O–H groups in total. The van der Waals surface area contributed by atoms with E-state index in [1.165, 1.54) is 5.56 Å². The summed E-state index contributed by atoms with van der Waals surface area (Å²) in [6.45, 7) is 4.62. The summed E-state index contributed by atoms with van der Waals surface area (Å²) in [5.74, 6) is 1.82. The first-order valence-corrected chi connectivity index (χ1v) is 8.26. The normalized spacial score (nSPS) is 11.6. The van der Waals surface area contributed by atoms with Crippen LogP contribution in [-0.2, 0) is 0 Å². The Bertz CT molecular complexity index is 810. The van der Waals surface area contributed by atoms with Gasteiger partial charge in [-0.15, -0.1) is 5.10 Å². The topological polar surface area (TPSA) is 72.0 Å². The van der Waals surface area contributed by atoms with E-state index in [2.05, 4.69) is 44.9 Å². The molecular weight excluding hydrogens is 314 g/mol. The third kappa shape index (κ3) is 4.44. The molecule has 0 saturated carbocycles. The number of rotatable bonds is 7. The van der Waals surface area contributed by atoms with Crippen LogP contribution in [0, 0.1) is 0 Å². The van der Waals surface area contributed by atoms with E-state index in [1.54, 1.807) is 6.20 Å². The van der Waals surface area contributed by atoms with Crippen molar-refractivity contribution in [3.63, 3.8) is 0 Å². The Morgan fingerprint density at radius 3 is 2.60 bits per heavy atom. The lowest BCUT2D eigenvalue weighted by atomic mass is 10.1. The van der Waals surface area contributed by atoms with Gasteiger partial charge in [-0.1, -0.05) is 42.5 Å². The molecule has 1 aromatic heterocycles. The third-order valence-electron chi connectivity index (χ3n) is 3.66. The molecule has 0 radical (unpaired) electrons. The third-order valence-corrected chi connectivity index (χ3v) is 3.66. The zero-order valence-electron chi connectivity index (χ0n) is 14.3. The van der Waals surface area contributed by atoms with Crippen molar-refractivity contribution in [2.45, 2.75) is 19.9 Å². The van der Waals surface area contributed by atoms with Gasteiger partial charge in [0.1, 0.15) is 5.75 Å². The molecule has 0 spiro atoms. The van der Waals surface area contributed by atoms with Crippen LogP contribution in [0.3, 0.4) is 0 Å². The lowest BCUT2D eigenvalue weighted by Gasteiger charge is -2.15. The van der Waals surface area contributed by atoms with Gasteiger partial charge in [0.2, 0.25) is 5.95 Å². The van der Waals surface area contributed by atoms with Gasteiger partial charge in [0.15, 0.2) is 5.82 Å². The van der Waals surface area contributed by atoms with E-state index in [0.717, 1.165) is 11.4 Å². The minimum atomic E-state index is 0.112. The fourth-order valence-corrected chi connectivity index (χ4v) is 2.44. The maximum absolute atomic E-state index is 5.61. The second-order valence-electron chi connectivity index (χ2n) is 5.50. The largest absolute Gasteiger partial charge is 0.492 e. The van der Waals surface area contributed by atoms with Crippen molar-refractivity contribution >= 4 is 17.5 Å². The summed E-state index contributed by atoms with van der Waals surface area (Å²) in [7, 11) is 0. The number of nitrogens with zero attached hydrogens (tertiary/aromatic N) is 3. The van der Waals surface area contributed by atoms with E-state index in [-0.39, 0.29) is 6.04 Å². The van der Waals surface area contributed by atoms with Crippen LogP contribution in [0.2, 0.25) is 0 Å². The van der Waals surface area contributed by atoms with Gasteiger partial charge in [-0.3, -0.25) is 0 Å². The zero-order valence-corrected chi connectivity index (χ0v) is 14.3. The van der Waals surface area contributed by atoms with Gasteiger partial charge in [0, 0.05) is 6.04 Å². The molecule has 0 aliphatic carbocycles. The van der Waals surface area contributed by atoms with Crippen molar-refractivity contribution in [3.8, 4) is 5.75 Å². The number of ether oxygens (including phenoxy) is 1. The van der Waals surface area contributed by atoms with Gasteiger partial charge < -0.3 is 15.4 Å². The maximum atomic E-state index is 5.61. The minimum absolute atomic E-state index is 0.112. The number of benzene rings is 2. The van der Waals surface area contributed by atoms with Crippen LogP contribution in [0.25, 0.3) is 0 Å². The summed E-state index contributed by atoms with van der Waals surface area (Å²) in [6.07, 6.45) is 1.61. The second-order valence-corrected chi connectivity index (χ2v) is 5.50. The first-order chi connectivity index (χ1) is 12.3. The Morgan fingerprint density at radius 1 is 1.04 bits per heavy atom. The molecule has 0 aliphatic heterocycles. The summed E-state index contributed by atoms with van der Waals surface area (Å²) < 4.78 is 5.61. The van der Waals surface area contributed by atoms with E-state index in [4.69, 9.17) is 4.74 Å². The summed E-state index contributed by atoms with van der Waals surface area (Å²) in [5.41, 5.74) is 1.98. The molecule has 0 saturated heterocycles. The fourth-order valence-electron chi connectivity index (χ4n) is 2.44. The SMILES string of the molecule is CCOc1ccccc1Nc1nncc(NC(C)c2ccccc2)n1. The fraction of sp³-hybridized carbons (Fsp3) is 0.211. The van der Waals surface area contributed by atoms with Crippen molar-refractivity contribution in [2.24, 2.45) is 0 Å². The van der Waals surface area contributed by atoms with Crippen molar-refractivity contribution in [1.82, 2.24) is 15.2 Å². The van der Waals surface area contributed by atoms with E-state index < -0.39 is 0 Å². The van der Waals surface area contributed by atoms with Crippen LogP contribution in [0.5, 0.6) is 5.75 Å². The molecule has 0 amide bonds. The second kappa shape index (κ2) is 8.10. The molecule has 6 heteroatoms. The van der Waals surface area contributed by atoms with Crippen LogP contribution >= 0.6 is 0 Å². The number of hydrogen-bond donors (Lipinski definition) is 2. The molecule has 3 aromatic rings. The van der Waals surface area contributed by atoms with Crippen LogP contribution < -0.4 is 15.4 Å². The summed E-state index contributed by atoms with van der Waals surface area (Å²) >= 11 is 0. The molecule has 2 aromatic carbocycles. The van der Waals surface area contributed by atoms with Gasteiger partial charge in [-0.25, -0.2) is 0 Å². The summed E-state index contributed by atoms with van der Waals surface area (Å²) in [5, 5.41) is 14.6. The lowest BCUT2D eigenvalue weighted by molar-refractivity contribution is 0.342. The Labute approximate surface area is 147 Å². The minimum Gasteiger partial charge on any atom is -0.492 e. The van der Waals surface area contributed by atoms with Crippen LogP contribution in [0.4, 0.5) is 17.5 Å². The summed E-state index contributed by atoms with van der Waals surface area (Å²) in [6, 6.07) is 18.0. The Balaban J connectivity index is 1.74. The van der Waals surface area contributed by atoms with E-state index in [1.807, 2.05) is 49.4 Å². The van der Waals surface area contributed by atoms with E-state index in [0.29, 0.717) is 18.4 Å². The number of aromatic nitrogens is 3. The molecule has 128 valence electrons. The van der Waals surface area contributed by atoms with Crippen molar-refractivity contribution in [3.05, 3.63) is 66.4 Å². The quantitative estimate of drug-likeness (QED) is 0.674. The first-order valence-electron chi connectivity index (χ1n) is 8.26.